The molecule has 1 fully saturated rings. The highest BCUT2D eigenvalue weighted by Gasteiger charge is 2.43. The first-order chi connectivity index (χ1) is 6.28. The van der Waals surface area contributed by atoms with Crippen molar-refractivity contribution in [2.45, 2.75) is 30.9 Å². The molecular weight excluding hydrogens is 166 g/mol. The molecule has 1 saturated carbocycles. The zero-order valence-electron chi connectivity index (χ0n) is 7.82. The molecule has 0 saturated heterocycles. The zero-order chi connectivity index (χ0) is 9.31. The monoisotopic (exact) mass is 181 g/mol. The van der Waals surface area contributed by atoms with Gasteiger partial charge in [0, 0.05) is 12.7 Å². The number of ether oxygens (including phenoxy) is 1. The Morgan fingerprint density at radius 3 is 2.77 bits per heavy atom. The minimum Gasteiger partial charge on any atom is -0.472 e. The van der Waals surface area contributed by atoms with Crippen LogP contribution in [0.5, 0.6) is 0 Å². The fraction of sp³-hybridized carbons (Fsp3) is 0.600. The average Bonchev–Trinajstić information content (AvgIpc) is 2.54. The zero-order valence-corrected chi connectivity index (χ0v) is 7.82. The molecule has 0 spiro atoms. The summed E-state index contributed by atoms with van der Waals surface area (Å²) in [5, 5.41) is 0. The molecule has 3 nitrogen and oxygen atoms in total. The Morgan fingerprint density at radius 2 is 2.38 bits per heavy atom. The predicted octanol–water partition coefficient (Wildman–Crippen LogP) is 1.85. The van der Waals surface area contributed by atoms with Crippen molar-refractivity contribution in [3.63, 3.8) is 0 Å². The fourth-order valence-electron chi connectivity index (χ4n) is 1.92. The summed E-state index contributed by atoms with van der Waals surface area (Å²) in [5.74, 6) is 0. The molecule has 13 heavy (non-hydrogen) atoms. The van der Waals surface area contributed by atoms with Crippen molar-refractivity contribution in [2.24, 2.45) is 5.73 Å². The lowest BCUT2D eigenvalue weighted by Crippen LogP contribution is -2.48. The second-order valence-corrected chi connectivity index (χ2v) is 3.66. The summed E-state index contributed by atoms with van der Waals surface area (Å²) >= 11 is 0. The Balaban J connectivity index is 2.16. The predicted molar refractivity (Wildman–Crippen MR) is 49.2 cm³/mol. The second-order valence-electron chi connectivity index (χ2n) is 3.66. The first kappa shape index (κ1) is 8.78. The Bertz CT molecular complexity index is 259. The van der Waals surface area contributed by atoms with Gasteiger partial charge in [-0.05, 0) is 25.3 Å². The number of furan rings is 1. The molecule has 3 heteroatoms. The lowest BCUT2D eigenvalue weighted by Gasteiger charge is -2.44. The van der Waals surface area contributed by atoms with Gasteiger partial charge < -0.3 is 14.9 Å². The number of rotatable bonds is 3. The molecule has 72 valence electrons. The molecule has 0 amide bonds. The van der Waals surface area contributed by atoms with Gasteiger partial charge in [-0.25, -0.2) is 0 Å². The van der Waals surface area contributed by atoms with E-state index < -0.39 is 0 Å². The van der Waals surface area contributed by atoms with Crippen molar-refractivity contribution in [1.82, 2.24) is 0 Å². The van der Waals surface area contributed by atoms with Crippen molar-refractivity contribution in [2.75, 3.05) is 7.11 Å². The molecule has 0 aromatic carbocycles. The van der Waals surface area contributed by atoms with E-state index in [4.69, 9.17) is 14.9 Å². The van der Waals surface area contributed by atoms with Gasteiger partial charge in [0.2, 0.25) is 0 Å². The van der Waals surface area contributed by atoms with Gasteiger partial charge in [0.15, 0.2) is 0 Å². The second kappa shape index (κ2) is 3.16. The topological polar surface area (TPSA) is 48.4 Å². The molecule has 1 aromatic rings. The van der Waals surface area contributed by atoms with Crippen LogP contribution in [0.25, 0.3) is 0 Å². The van der Waals surface area contributed by atoms with E-state index in [1.165, 1.54) is 6.42 Å². The van der Waals surface area contributed by atoms with Gasteiger partial charge in [0.25, 0.3) is 0 Å². The maximum atomic E-state index is 6.11. The normalized spacial score (nSPS) is 22.3. The molecule has 1 aromatic heterocycles. The van der Waals surface area contributed by atoms with Gasteiger partial charge >= 0.3 is 0 Å². The van der Waals surface area contributed by atoms with Gasteiger partial charge in [-0.2, -0.15) is 0 Å². The highest BCUT2D eigenvalue weighted by atomic mass is 16.5. The summed E-state index contributed by atoms with van der Waals surface area (Å²) in [6.45, 7) is 0. The molecule has 2 rings (SSSR count). The Kier molecular flexibility index (Phi) is 2.14. The third-order valence-corrected chi connectivity index (χ3v) is 3.08. The van der Waals surface area contributed by atoms with E-state index in [0.29, 0.717) is 0 Å². The maximum absolute atomic E-state index is 6.11. The van der Waals surface area contributed by atoms with Crippen LogP contribution in [0.1, 0.15) is 30.9 Å². The van der Waals surface area contributed by atoms with Gasteiger partial charge in [0.05, 0.1) is 24.2 Å². The number of hydrogen-bond acceptors (Lipinski definition) is 3. The van der Waals surface area contributed by atoms with Crippen molar-refractivity contribution >= 4 is 0 Å². The van der Waals surface area contributed by atoms with E-state index in [0.717, 1.165) is 18.4 Å². The smallest absolute Gasteiger partial charge is 0.0951 e. The van der Waals surface area contributed by atoms with Crippen molar-refractivity contribution < 1.29 is 9.15 Å². The molecule has 2 N–H and O–H groups in total. The van der Waals surface area contributed by atoms with E-state index in [9.17, 15) is 0 Å². The average molecular weight is 181 g/mol. The summed E-state index contributed by atoms with van der Waals surface area (Å²) in [7, 11) is 1.74. The lowest BCUT2D eigenvalue weighted by molar-refractivity contribution is -0.0912. The van der Waals surface area contributed by atoms with Gasteiger partial charge in [0.1, 0.15) is 0 Å². The van der Waals surface area contributed by atoms with E-state index in [1.54, 1.807) is 19.6 Å². The van der Waals surface area contributed by atoms with Crippen LogP contribution >= 0.6 is 0 Å². The molecule has 0 bridgehead atoms. The molecule has 1 heterocycles. The van der Waals surface area contributed by atoms with E-state index in [2.05, 4.69) is 0 Å². The van der Waals surface area contributed by atoms with Crippen LogP contribution in [0.3, 0.4) is 0 Å². The van der Waals surface area contributed by atoms with Crippen LogP contribution in [0.15, 0.2) is 23.0 Å². The summed E-state index contributed by atoms with van der Waals surface area (Å²) in [4.78, 5) is 0. The maximum Gasteiger partial charge on any atom is 0.0951 e. The first-order valence-electron chi connectivity index (χ1n) is 4.61. The van der Waals surface area contributed by atoms with Gasteiger partial charge in [-0.15, -0.1) is 0 Å². The molecule has 0 aliphatic heterocycles. The third-order valence-electron chi connectivity index (χ3n) is 3.08. The summed E-state index contributed by atoms with van der Waals surface area (Å²) < 4.78 is 10.5. The Morgan fingerprint density at radius 1 is 1.62 bits per heavy atom. The van der Waals surface area contributed by atoms with E-state index >= 15 is 0 Å². The minimum atomic E-state index is -0.135. The molecule has 1 aliphatic carbocycles. The van der Waals surface area contributed by atoms with Crippen LogP contribution in [0.4, 0.5) is 0 Å². The van der Waals surface area contributed by atoms with Crippen molar-refractivity contribution in [1.29, 1.82) is 0 Å². The van der Waals surface area contributed by atoms with Gasteiger partial charge in [-0.1, -0.05) is 0 Å². The van der Waals surface area contributed by atoms with E-state index in [-0.39, 0.29) is 11.6 Å². The number of nitrogens with two attached hydrogens (primary N) is 1. The highest BCUT2D eigenvalue weighted by molar-refractivity contribution is 5.18. The molecular formula is C10H15NO2. The van der Waals surface area contributed by atoms with Crippen LogP contribution in [-0.2, 0) is 4.74 Å². The largest absolute Gasteiger partial charge is 0.472 e. The van der Waals surface area contributed by atoms with Crippen LogP contribution in [0.2, 0.25) is 0 Å². The first-order valence-corrected chi connectivity index (χ1v) is 4.61. The Hall–Kier alpha value is -0.800. The molecule has 1 aliphatic rings. The Labute approximate surface area is 77.9 Å². The fourth-order valence-corrected chi connectivity index (χ4v) is 1.92. The third kappa shape index (κ3) is 1.28. The molecule has 1 atom stereocenters. The quantitative estimate of drug-likeness (QED) is 0.774. The molecule has 1 unspecified atom stereocenters. The summed E-state index contributed by atoms with van der Waals surface area (Å²) in [6, 6.07) is 1.86. The molecule has 0 radical (unpaired) electrons. The number of methoxy groups -OCH3 is 1. The SMILES string of the molecule is COC1(C(N)c2ccoc2)CCC1. The minimum absolute atomic E-state index is 0.0509. The van der Waals surface area contributed by atoms with Crippen LogP contribution in [0, 0.1) is 0 Å². The van der Waals surface area contributed by atoms with Gasteiger partial charge in [-0.3, -0.25) is 0 Å². The van der Waals surface area contributed by atoms with Crippen molar-refractivity contribution in [3.8, 4) is 0 Å². The van der Waals surface area contributed by atoms with E-state index in [1.807, 2.05) is 6.07 Å². The summed E-state index contributed by atoms with van der Waals surface area (Å²) in [6.07, 6.45) is 6.66. The number of hydrogen-bond donors (Lipinski definition) is 1. The summed E-state index contributed by atoms with van der Waals surface area (Å²) in [5.41, 5.74) is 7.00. The lowest BCUT2D eigenvalue weighted by atomic mass is 9.73. The standard InChI is InChI=1S/C10H15NO2/c1-12-10(4-2-5-10)9(11)8-3-6-13-7-8/h3,6-7,9H,2,4-5,11H2,1H3. The van der Waals surface area contributed by atoms with Crippen LogP contribution < -0.4 is 5.73 Å². The van der Waals surface area contributed by atoms with Crippen molar-refractivity contribution in [3.05, 3.63) is 24.2 Å². The highest BCUT2D eigenvalue weighted by Crippen LogP contribution is 2.43. The van der Waals surface area contributed by atoms with Crippen LogP contribution in [-0.4, -0.2) is 12.7 Å².